The van der Waals surface area contributed by atoms with Crippen molar-refractivity contribution in [1.82, 2.24) is 5.32 Å². The van der Waals surface area contributed by atoms with Crippen molar-refractivity contribution in [3.8, 4) is 5.75 Å². The SMILES string of the molecule is O=C(COc1ccc2c(c1)C(=O)CC2)NC(Cc1ccccc1)C(=O)O. The molecular weight excluding hydrogens is 334 g/mol. The summed E-state index contributed by atoms with van der Waals surface area (Å²) in [4.78, 5) is 35.2. The van der Waals surface area contributed by atoms with Gasteiger partial charge in [-0.2, -0.15) is 0 Å². The lowest BCUT2D eigenvalue weighted by atomic mass is 10.1. The van der Waals surface area contributed by atoms with Gasteiger partial charge in [-0.05, 0) is 29.7 Å². The van der Waals surface area contributed by atoms with E-state index in [0.29, 0.717) is 17.7 Å². The van der Waals surface area contributed by atoms with Gasteiger partial charge < -0.3 is 15.2 Å². The van der Waals surface area contributed by atoms with Crippen molar-refractivity contribution in [3.63, 3.8) is 0 Å². The molecule has 0 saturated carbocycles. The molecular formula is C20H19NO5. The average molecular weight is 353 g/mol. The fourth-order valence-electron chi connectivity index (χ4n) is 2.94. The molecule has 1 amide bonds. The van der Waals surface area contributed by atoms with Gasteiger partial charge in [0.25, 0.3) is 5.91 Å². The van der Waals surface area contributed by atoms with Gasteiger partial charge in [-0.1, -0.05) is 36.4 Å². The van der Waals surface area contributed by atoms with Crippen LogP contribution in [0.2, 0.25) is 0 Å². The molecule has 1 atom stereocenters. The summed E-state index contributed by atoms with van der Waals surface area (Å²) in [6.07, 6.45) is 1.42. The van der Waals surface area contributed by atoms with E-state index in [9.17, 15) is 19.5 Å². The van der Waals surface area contributed by atoms with Crippen molar-refractivity contribution in [2.24, 2.45) is 0 Å². The topological polar surface area (TPSA) is 92.7 Å². The molecule has 1 aliphatic rings. The van der Waals surface area contributed by atoms with Crippen LogP contribution in [0.5, 0.6) is 5.75 Å². The molecule has 0 saturated heterocycles. The van der Waals surface area contributed by atoms with Crippen molar-refractivity contribution in [1.29, 1.82) is 0 Å². The highest BCUT2D eigenvalue weighted by atomic mass is 16.5. The number of carbonyl (C=O) groups is 3. The summed E-state index contributed by atoms with van der Waals surface area (Å²) in [5, 5.41) is 11.8. The van der Waals surface area contributed by atoms with Gasteiger partial charge in [0, 0.05) is 18.4 Å². The number of carbonyl (C=O) groups excluding carboxylic acids is 2. The second-order valence-electron chi connectivity index (χ2n) is 6.18. The van der Waals surface area contributed by atoms with Gasteiger partial charge in [0.05, 0.1) is 0 Å². The zero-order valence-electron chi connectivity index (χ0n) is 14.1. The van der Waals surface area contributed by atoms with Crippen LogP contribution in [-0.4, -0.2) is 35.4 Å². The molecule has 0 heterocycles. The molecule has 1 unspecified atom stereocenters. The minimum absolute atomic E-state index is 0.0729. The normalized spacial score (nSPS) is 13.8. The third-order valence-corrected chi connectivity index (χ3v) is 4.29. The molecule has 2 aromatic carbocycles. The summed E-state index contributed by atoms with van der Waals surface area (Å²) >= 11 is 0. The van der Waals surface area contributed by atoms with E-state index in [1.165, 1.54) is 0 Å². The van der Waals surface area contributed by atoms with Crippen molar-refractivity contribution in [3.05, 3.63) is 65.2 Å². The summed E-state index contributed by atoms with van der Waals surface area (Å²) in [5.74, 6) is -1.14. The lowest BCUT2D eigenvalue weighted by molar-refractivity contribution is -0.142. The number of fused-ring (bicyclic) bond motifs is 1. The number of hydrogen-bond donors (Lipinski definition) is 2. The number of nitrogens with one attached hydrogen (secondary N) is 1. The van der Waals surface area contributed by atoms with Gasteiger partial charge in [-0.3, -0.25) is 9.59 Å². The van der Waals surface area contributed by atoms with Gasteiger partial charge in [0.15, 0.2) is 12.4 Å². The number of benzene rings is 2. The molecule has 0 spiro atoms. The molecule has 0 fully saturated rings. The Bertz CT molecular complexity index is 831. The number of aliphatic carboxylic acids is 1. The molecule has 2 N–H and O–H groups in total. The molecule has 0 bridgehead atoms. The number of amides is 1. The number of aryl methyl sites for hydroxylation is 1. The van der Waals surface area contributed by atoms with Gasteiger partial charge in [0.1, 0.15) is 11.8 Å². The highest BCUT2D eigenvalue weighted by molar-refractivity contribution is 6.00. The van der Waals surface area contributed by atoms with Crippen LogP contribution >= 0.6 is 0 Å². The highest BCUT2D eigenvalue weighted by Gasteiger charge is 2.22. The molecule has 0 aromatic heterocycles. The zero-order chi connectivity index (χ0) is 18.5. The Morgan fingerprint density at radius 3 is 2.62 bits per heavy atom. The van der Waals surface area contributed by atoms with Crippen LogP contribution in [0.3, 0.4) is 0 Å². The summed E-state index contributed by atoms with van der Waals surface area (Å²) in [7, 11) is 0. The number of ether oxygens (including phenoxy) is 1. The van der Waals surface area contributed by atoms with Gasteiger partial charge in [0.2, 0.25) is 0 Å². The second-order valence-corrected chi connectivity index (χ2v) is 6.18. The first kappa shape index (κ1) is 17.7. The maximum absolute atomic E-state index is 12.1. The minimum atomic E-state index is -1.11. The Labute approximate surface area is 150 Å². The largest absolute Gasteiger partial charge is 0.484 e. The van der Waals surface area contributed by atoms with E-state index in [1.54, 1.807) is 24.3 Å². The van der Waals surface area contributed by atoms with Crippen LogP contribution in [0.15, 0.2) is 48.5 Å². The van der Waals surface area contributed by atoms with E-state index in [0.717, 1.165) is 17.5 Å². The van der Waals surface area contributed by atoms with E-state index < -0.39 is 17.9 Å². The Kier molecular flexibility index (Phi) is 5.31. The van der Waals surface area contributed by atoms with Crippen molar-refractivity contribution in [2.75, 3.05) is 6.61 Å². The number of carboxylic acids is 1. The standard InChI is InChI=1S/C20H19NO5/c22-18-9-7-14-6-8-15(11-16(14)18)26-12-19(23)21-17(20(24)25)10-13-4-2-1-3-5-13/h1-6,8,11,17H,7,9-10,12H2,(H,21,23)(H,24,25). The fraction of sp³-hybridized carbons (Fsp3) is 0.250. The Balaban J connectivity index is 1.56. The number of ketones is 1. The lowest BCUT2D eigenvalue weighted by Gasteiger charge is -2.15. The van der Waals surface area contributed by atoms with E-state index in [2.05, 4.69) is 5.32 Å². The smallest absolute Gasteiger partial charge is 0.326 e. The first-order chi connectivity index (χ1) is 12.5. The van der Waals surface area contributed by atoms with Crippen LogP contribution in [0.1, 0.15) is 27.9 Å². The molecule has 2 aromatic rings. The molecule has 6 heteroatoms. The number of Topliss-reactive ketones (excluding diaryl/α,β-unsaturated/α-hetero) is 1. The highest BCUT2D eigenvalue weighted by Crippen LogP contribution is 2.26. The number of hydrogen-bond acceptors (Lipinski definition) is 4. The molecule has 1 aliphatic carbocycles. The van der Waals surface area contributed by atoms with Crippen LogP contribution < -0.4 is 10.1 Å². The maximum atomic E-state index is 12.1. The third-order valence-electron chi connectivity index (χ3n) is 4.29. The van der Waals surface area contributed by atoms with Crippen molar-refractivity contribution in [2.45, 2.75) is 25.3 Å². The molecule has 3 rings (SSSR count). The summed E-state index contributed by atoms with van der Waals surface area (Å²) in [5.41, 5.74) is 2.44. The van der Waals surface area contributed by atoms with Crippen molar-refractivity contribution >= 4 is 17.7 Å². The predicted octanol–water partition coefficient (Wildman–Crippen LogP) is 2.01. The van der Waals surface area contributed by atoms with Crippen LogP contribution in [0, 0.1) is 0 Å². The predicted molar refractivity (Wildman–Crippen MR) is 94.3 cm³/mol. The average Bonchev–Trinajstić information content (AvgIpc) is 3.01. The Morgan fingerprint density at radius 2 is 1.88 bits per heavy atom. The summed E-state index contributed by atoms with van der Waals surface area (Å²) in [6, 6.07) is 13.2. The molecule has 134 valence electrons. The van der Waals surface area contributed by atoms with Crippen molar-refractivity contribution < 1.29 is 24.2 Å². The van der Waals surface area contributed by atoms with Crippen LogP contribution in [0.25, 0.3) is 0 Å². The second kappa shape index (κ2) is 7.82. The zero-order valence-corrected chi connectivity index (χ0v) is 14.1. The first-order valence-corrected chi connectivity index (χ1v) is 8.38. The first-order valence-electron chi connectivity index (χ1n) is 8.38. The monoisotopic (exact) mass is 353 g/mol. The van der Waals surface area contributed by atoms with E-state index in [-0.39, 0.29) is 18.8 Å². The lowest BCUT2D eigenvalue weighted by Crippen LogP contribution is -2.44. The van der Waals surface area contributed by atoms with E-state index in [1.807, 2.05) is 24.3 Å². The van der Waals surface area contributed by atoms with Gasteiger partial charge in [-0.25, -0.2) is 4.79 Å². The molecule has 0 radical (unpaired) electrons. The number of rotatable bonds is 7. The molecule has 0 aliphatic heterocycles. The number of carboxylic acid groups (broad SMARTS) is 1. The Morgan fingerprint density at radius 1 is 1.12 bits per heavy atom. The molecule has 6 nitrogen and oxygen atoms in total. The quantitative estimate of drug-likeness (QED) is 0.794. The van der Waals surface area contributed by atoms with E-state index in [4.69, 9.17) is 4.74 Å². The maximum Gasteiger partial charge on any atom is 0.326 e. The molecule has 26 heavy (non-hydrogen) atoms. The van der Waals surface area contributed by atoms with Crippen LogP contribution in [-0.2, 0) is 22.4 Å². The Hall–Kier alpha value is -3.15. The minimum Gasteiger partial charge on any atom is -0.484 e. The third kappa shape index (κ3) is 4.27. The van der Waals surface area contributed by atoms with E-state index >= 15 is 0 Å². The summed E-state index contributed by atoms with van der Waals surface area (Å²) in [6.45, 7) is -0.314. The van der Waals surface area contributed by atoms with Gasteiger partial charge in [-0.15, -0.1) is 0 Å². The van der Waals surface area contributed by atoms with Crippen LogP contribution in [0.4, 0.5) is 0 Å². The summed E-state index contributed by atoms with van der Waals surface area (Å²) < 4.78 is 5.42. The fourth-order valence-corrected chi connectivity index (χ4v) is 2.94. The van der Waals surface area contributed by atoms with Gasteiger partial charge >= 0.3 is 5.97 Å².